The van der Waals surface area contributed by atoms with Gasteiger partial charge in [0.15, 0.2) is 0 Å². The van der Waals surface area contributed by atoms with Gasteiger partial charge in [0.05, 0.1) is 6.61 Å². The van der Waals surface area contributed by atoms with Crippen LogP contribution in [0.3, 0.4) is 0 Å². The van der Waals surface area contributed by atoms with Crippen LogP contribution in [-0.2, 0) is 6.54 Å². The molecule has 2 fully saturated rings. The molecule has 0 N–H and O–H groups in total. The smallest absolute Gasteiger partial charge is 0.253 e. The second-order valence-electron chi connectivity index (χ2n) is 9.79. The zero-order valence-corrected chi connectivity index (χ0v) is 20.0. The van der Waals surface area contributed by atoms with Gasteiger partial charge in [-0.1, -0.05) is 37.6 Å². The second kappa shape index (κ2) is 10.2. The van der Waals surface area contributed by atoms with E-state index in [9.17, 15) is 4.79 Å². The molecule has 0 aliphatic carbocycles. The molecule has 0 saturated carbocycles. The summed E-state index contributed by atoms with van der Waals surface area (Å²) < 4.78 is 5.69. The van der Waals surface area contributed by atoms with E-state index in [0.717, 1.165) is 45.6 Å². The number of hydrogen-bond acceptors (Lipinski definition) is 4. The van der Waals surface area contributed by atoms with Crippen molar-refractivity contribution < 1.29 is 9.53 Å². The molecular formula is C26H34ClN3O2. The molecule has 32 heavy (non-hydrogen) atoms. The van der Waals surface area contributed by atoms with Gasteiger partial charge in [-0.15, -0.1) is 0 Å². The van der Waals surface area contributed by atoms with E-state index in [1.54, 1.807) is 6.07 Å². The first-order chi connectivity index (χ1) is 15.4. The summed E-state index contributed by atoms with van der Waals surface area (Å²) in [4.78, 5) is 21.8. The Hall–Kier alpha value is -2.11. The number of carbonyl (C=O) groups excluding carboxylic acids is 1. The highest BCUT2D eigenvalue weighted by molar-refractivity contribution is 6.30. The highest BCUT2D eigenvalue weighted by Gasteiger charge is 2.38. The van der Waals surface area contributed by atoms with E-state index in [1.165, 1.54) is 18.4 Å². The minimum absolute atomic E-state index is 0.105. The van der Waals surface area contributed by atoms with Crippen molar-refractivity contribution in [2.24, 2.45) is 11.3 Å². The number of rotatable bonds is 6. The van der Waals surface area contributed by atoms with Crippen molar-refractivity contribution in [3.05, 3.63) is 58.7 Å². The first-order valence-corrected chi connectivity index (χ1v) is 12.2. The molecular weight excluding hydrogens is 422 g/mol. The number of benzene rings is 1. The molecule has 0 unspecified atom stereocenters. The molecule has 6 heteroatoms. The summed E-state index contributed by atoms with van der Waals surface area (Å²) in [5.41, 5.74) is 2.31. The first-order valence-electron chi connectivity index (χ1n) is 11.8. The van der Waals surface area contributed by atoms with Crippen LogP contribution in [0.25, 0.3) is 0 Å². The van der Waals surface area contributed by atoms with Crippen LogP contribution < -0.4 is 4.74 Å². The van der Waals surface area contributed by atoms with Crippen LogP contribution in [0.2, 0.25) is 5.02 Å². The monoisotopic (exact) mass is 455 g/mol. The minimum atomic E-state index is 0.105. The topological polar surface area (TPSA) is 45.7 Å². The maximum absolute atomic E-state index is 12.8. The van der Waals surface area contributed by atoms with Gasteiger partial charge >= 0.3 is 0 Å². The third kappa shape index (κ3) is 5.81. The number of hydrogen-bond donors (Lipinski definition) is 0. The Labute approximate surface area is 196 Å². The fourth-order valence-electron chi connectivity index (χ4n) is 4.77. The van der Waals surface area contributed by atoms with Crippen molar-refractivity contribution in [3.63, 3.8) is 0 Å². The lowest BCUT2D eigenvalue weighted by molar-refractivity contribution is 0.0285. The van der Waals surface area contributed by atoms with E-state index in [0.29, 0.717) is 34.4 Å². The number of nitrogens with zero attached hydrogens (tertiary/aromatic N) is 3. The molecule has 2 aliphatic heterocycles. The Morgan fingerprint density at radius 3 is 2.44 bits per heavy atom. The van der Waals surface area contributed by atoms with E-state index in [2.05, 4.69) is 29.8 Å². The van der Waals surface area contributed by atoms with Gasteiger partial charge in [-0.05, 0) is 73.9 Å². The average Bonchev–Trinajstić information content (AvgIpc) is 2.80. The molecule has 2 aliphatic rings. The van der Waals surface area contributed by atoms with Gasteiger partial charge in [-0.2, -0.15) is 0 Å². The zero-order chi connectivity index (χ0) is 22.6. The Morgan fingerprint density at radius 2 is 1.81 bits per heavy atom. The molecule has 4 rings (SSSR count). The lowest BCUT2D eigenvalue weighted by atomic mass is 9.71. The third-order valence-electron chi connectivity index (χ3n) is 6.87. The highest BCUT2D eigenvalue weighted by Crippen LogP contribution is 2.41. The molecule has 1 aromatic carbocycles. The standard InChI is InChI=1S/C26H34ClN3O2/c1-20(2)19-32-24-7-6-21(17-28-24)18-29-12-8-26(9-13-29)10-14-30(15-11-26)25(31)22-4-3-5-23(27)16-22/h3-7,16-17,20H,8-15,18-19H2,1-2H3. The number of halogens is 1. The van der Waals surface area contributed by atoms with Crippen LogP contribution in [0.4, 0.5) is 0 Å². The number of aromatic nitrogens is 1. The average molecular weight is 456 g/mol. The van der Waals surface area contributed by atoms with Crippen LogP contribution in [0.1, 0.15) is 55.5 Å². The summed E-state index contributed by atoms with van der Waals surface area (Å²) in [7, 11) is 0. The van der Waals surface area contributed by atoms with Gasteiger partial charge in [0.1, 0.15) is 0 Å². The van der Waals surface area contributed by atoms with E-state index in [-0.39, 0.29) is 5.91 Å². The fraction of sp³-hybridized carbons (Fsp3) is 0.538. The summed E-state index contributed by atoms with van der Waals surface area (Å²) in [6, 6.07) is 11.4. The quantitative estimate of drug-likeness (QED) is 0.593. The van der Waals surface area contributed by atoms with Crippen LogP contribution in [0, 0.1) is 11.3 Å². The van der Waals surface area contributed by atoms with Gasteiger partial charge in [0.25, 0.3) is 5.91 Å². The molecule has 3 heterocycles. The van der Waals surface area contributed by atoms with E-state index in [1.807, 2.05) is 35.4 Å². The van der Waals surface area contributed by atoms with Crippen molar-refractivity contribution >= 4 is 17.5 Å². The SMILES string of the molecule is CC(C)COc1ccc(CN2CCC3(CC2)CCN(C(=O)c2cccc(Cl)c2)CC3)cn1. The lowest BCUT2D eigenvalue weighted by Gasteiger charge is -2.47. The molecule has 1 amide bonds. The number of likely N-dealkylation sites (tertiary alicyclic amines) is 2. The number of piperidine rings is 2. The molecule has 5 nitrogen and oxygen atoms in total. The number of ether oxygens (including phenoxy) is 1. The second-order valence-corrected chi connectivity index (χ2v) is 10.2. The first kappa shape index (κ1) is 23.1. The predicted octanol–water partition coefficient (Wildman–Crippen LogP) is 5.29. The predicted molar refractivity (Wildman–Crippen MR) is 128 cm³/mol. The molecule has 0 bridgehead atoms. The maximum atomic E-state index is 12.8. The molecule has 1 aromatic heterocycles. The third-order valence-corrected chi connectivity index (χ3v) is 7.10. The number of carbonyl (C=O) groups is 1. The summed E-state index contributed by atoms with van der Waals surface area (Å²) in [6.45, 7) is 9.80. The normalized spacial score (nSPS) is 18.8. The largest absolute Gasteiger partial charge is 0.477 e. The van der Waals surface area contributed by atoms with Gasteiger partial charge in [0.2, 0.25) is 5.88 Å². The number of amides is 1. The molecule has 0 atom stereocenters. The molecule has 1 spiro atoms. The summed E-state index contributed by atoms with van der Waals surface area (Å²) >= 11 is 6.06. The Balaban J connectivity index is 1.24. The summed E-state index contributed by atoms with van der Waals surface area (Å²) in [5, 5.41) is 0.615. The minimum Gasteiger partial charge on any atom is -0.477 e. The van der Waals surface area contributed by atoms with Crippen LogP contribution >= 0.6 is 11.6 Å². The van der Waals surface area contributed by atoms with Crippen molar-refractivity contribution in [2.75, 3.05) is 32.8 Å². The molecule has 2 aromatic rings. The Kier molecular flexibility index (Phi) is 7.37. The van der Waals surface area contributed by atoms with Crippen molar-refractivity contribution in [2.45, 2.75) is 46.1 Å². The Bertz CT molecular complexity index is 898. The summed E-state index contributed by atoms with van der Waals surface area (Å²) in [6.07, 6.45) is 6.54. The van der Waals surface area contributed by atoms with E-state index < -0.39 is 0 Å². The highest BCUT2D eigenvalue weighted by atomic mass is 35.5. The fourth-order valence-corrected chi connectivity index (χ4v) is 4.96. The van der Waals surface area contributed by atoms with Crippen molar-refractivity contribution in [1.82, 2.24) is 14.8 Å². The van der Waals surface area contributed by atoms with Crippen molar-refractivity contribution in [1.29, 1.82) is 0 Å². The molecule has 2 saturated heterocycles. The zero-order valence-electron chi connectivity index (χ0n) is 19.2. The molecule has 0 radical (unpaired) electrons. The number of pyridine rings is 1. The van der Waals surface area contributed by atoms with Crippen molar-refractivity contribution in [3.8, 4) is 5.88 Å². The summed E-state index contributed by atoms with van der Waals surface area (Å²) in [5.74, 6) is 1.31. The van der Waals surface area contributed by atoms with Crippen LogP contribution in [-0.4, -0.2) is 53.5 Å². The van der Waals surface area contributed by atoms with Gasteiger partial charge < -0.3 is 9.64 Å². The van der Waals surface area contributed by atoms with Gasteiger partial charge in [-0.3, -0.25) is 9.69 Å². The van der Waals surface area contributed by atoms with Gasteiger partial charge in [-0.25, -0.2) is 4.98 Å². The lowest BCUT2D eigenvalue weighted by Crippen LogP contribution is -2.48. The van der Waals surface area contributed by atoms with Crippen LogP contribution in [0.5, 0.6) is 5.88 Å². The van der Waals surface area contributed by atoms with Crippen LogP contribution in [0.15, 0.2) is 42.6 Å². The van der Waals surface area contributed by atoms with E-state index in [4.69, 9.17) is 16.3 Å². The van der Waals surface area contributed by atoms with E-state index >= 15 is 0 Å². The molecule has 172 valence electrons. The Morgan fingerprint density at radius 1 is 1.09 bits per heavy atom. The maximum Gasteiger partial charge on any atom is 0.253 e. The van der Waals surface area contributed by atoms with Gasteiger partial charge in [0, 0.05) is 42.5 Å².